The number of aromatic nitrogens is 1. The van der Waals surface area contributed by atoms with E-state index in [2.05, 4.69) is 41.5 Å². The minimum Gasteiger partial charge on any atom is -0.378 e. The van der Waals surface area contributed by atoms with E-state index in [4.69, 9.17) is 14.8 Å². The highest BCUT2D eigenvalue weighted by molar-refractivity contribution is 7.07. The second kappa shape index (κ2) is 8.85. The molecule has 2 aromatic rings. The summed E-state index contributed by atoms with van der Waals surface area (Å²) in [6, 6.07) is 9.07. The van der Waals surface area contributed by atoms with Crippen LogP contribution in [0.2, 0.25) is 0 Å². The predicted octanol–water partition coefficient (Wildman–Crippen LogP) is 3.81. The molecule has 1 saturated heterocycles. The molecule has 144 valence electrons. The van der Waals surface area contributed by atoms with Crippen molar-refractivity contribution in [3.63, 3.8) is 0 Å². The fourth-order valence-electron chi connectivity index (χ4n) is 3.70. The minimum absolute atomic E-state index is 0.464. The number of nitrogens with zero attached hydrogens (tertiary/aromatic N) is 4. The van der Waals surface area contributed by atoms with E-state index in [9.17, 15) is 0 Å². The fraction of sp³-hybridized carbons (Fsp3) is 0.524. The van der Waals surface area contributed by atoms with Crippen LogP contribution in [0.4, 0.5) is 5.69 Å². The lowest BCUT2D eigenvalue weighted by Gasteiger charge is -2.28. The van der Waals surface area contributed by atoms with Crippen LogP contribution in [0.3, 0.4) is 0 Å². The number of hydrogen-bond donors (Lipinski definition) is 0. The molecular weight excluding hydrogens is 356 g/mol. The summed E-state index contributed by atoms with van der Waals surface area (Å²) in [5.41, 5.74) is 3.49. The third-order valence-electron chi connectivity index (χ3n) is 5.31. The van der Waals surface area contributed by atoms with Gasteiger partial charge in [0.15, 0.2) is 0 Å². The van der Waals surface area contributed by atoms with Gasteiger partial charge in [-0.2, -0.15) is 5.10 Å². The number of ether oxygens (including phenoxy) is 1. The largest absolute Gasteiger partial charge is 0.378 e. The molecule has 0 spiro atoms. The van der Waals surface area contributed by atoms with Crippen molar-refractivity contribution in [3.8, 4) is 0 Å². The van der Waals surface area contributed by atoms with Crippen molar-refractivity contribution in [2.45, 2.75) is 45.1 Å². The van der Waals surface area contributed by atoms with Crippen LogP contribution in [0, 0.1) is 6.92 Å². The number of hydrogen-bond acceptors (Lipinski definition) is 5. The van der Waals surface area contributed by atoms with Crippen molar-refractivity contribution in [2.24, 2.45) is 10.1 Å². The van der Waals surface area contributed by atoms with Crippen molar-refractivity contribution in [2.75, 3.05) is 31.2 Å². The van der Waals surface area contributed by atoms with Crippen LogP contribution in [0.1, 0.15) is 43.4 Å². The van der Waals surface area contributed by atoms with Crippen LogP contribution in [0.15, 0.2) is 39.7 Å². The standard InChI is InChI=1S/C21H28N4OS/c1-17-16-27-21(23-19-5-3-2-4-6-19)25(17)22-15-18-7-9-20(10-8-18)24-11-13-26-14-12-24/h7-10,15-16,19H,2-6,11-14H2,1H3. The lowest BCUT2D eigenvalue weighted by Crippen LogP contribution is -2.36. The predicted molar refractivity (Wildman–Crippen MR) is 112 cm³/mol. The number of rotatable bonds is 4. The Balaban J connectivity index is 1.49. The first-order valence-electron chi connectivity index (χ1n) is 9.98. The van der Waals surface area contributed by atoms with Gasteiger partial charge in [-0.15, -0.1) is 11.3 Å². The maximum Gasteiger partial charge on any atom is 0.206 e. The molecule has 0 radical (unpaired) electrons. The Bertz CT molecular complexity index is 825. The van der Waals surface area contributed by atoms with Crippen molar-refractivity contribution in [1.29, 1.82) is 0 Å². The Morgan fingerprint density at radius 2 is 1.81 bits per heavy atom. The Morgan fingerprint density at radius 3 is 2.56 bits per heavy atom. The maximum atomic E-state index is 5.43. The van der Waals surface area contributed by atoms with Gasteiger partial charge in [0, 0.05) is 24.2 Å². The number of morpholine rings is 1. The first kappa shape index (κ1) is 18.4. The molecule has 6 heteroatoms. The zero-order chi connectivity index (χ0) is 18.5. The molecule has 1 aliphatic carbocycles. The van der Waals surface area contributed by atoms with Gasteiger partial charge < -0.3 is 9.64 Å². The average molecular weight is 385 g/mol. The molecular formula is C21H28N4OS. The van der Waals surface area contributed by atoms with Crippen molar-refractivity contribution in [3.05, 3.63) is 45.7 Å². The molecule has 27 heavy (non-hydrogen) atoms. The molecule has 0 atom stereocenters. The molecule has 5 nitrogen and oxygen atoms in total. The first-order valence-corrected chi connectivity index (χ1v) is 10.9. The van der Waals surface area contributed by atoms with Gasteiger partial charge in [0.2, 0.25) is 4.80 Å². The number of aryl methyl sites for hydroxylation is 1. The van der Waals surface area contributed by atoms with E-state index < -0.39 is 0 Å². The summed E-state index contributed by atoms with van der Waals surface area (Å²) in [5, 5.41) is 6.86. The second-order valence-electron chi connectivity index (χ2n) is 7.33. The van der Waals surface area contributed by atoms with Gasteiger partial charge in [0.25, 0.3) is 0 Å². The summed E-state index contributed by atoms with van der Waals surface area (Å²) in [7, 11) is 0. The highest BCUT2D eigenvalue weighted by atomic mass is 32.1. The lowest BCUT2D eigenvalue weighted by molar-refractivity contribution is 0.122. The first-order chi connectivity index (χ1) is 13.3. The zero-order valence-corrected chi connectivity index (χ0v) is 16.8. The summed E-state index contributed by atoms with van der Waals surface area (Å²) in [6.45, 7) is 5.64. The van der Waals surface area contributed by atoms with Crippen LogP contribution in [-0.4, -0.2) is 43.2 Å². The summed E-state index contributed by atoms with van der Waals surface area (Å²) in [4.78, 5) is 8.35. The number of benzene rings is 1. The molecule has 2 heterocycles. The normalized spacial score (nSPS) is 19.9. The number of thiazole rings is 1. The highest BCUT2D eigenvalue weighted by Crippen LogP contribution is 2.20. The monoisotopic (exact) mass is 384 g/mol. The van der Waals surface area contributed by atoms with Gasteiger partial charge in [-0.3, -0.25) is 4.99 Å². The Labute approximate surface area is 165 Å². The molecule has 1 aromatic heterocycles. The fourth-order valence-corrected chi connectivity index (χ4v) is 4.57. The van der Waals surface area contributed by atoms with E-state index in [-0.39, 0.29) is 0 Å². The van der Waals surface area contributed by atoms with E-state index in [1.807, 2.05) is 10.9 Å². The average Bonchev–Trinajstić information content (AvgIpc) is 3.07. The summed E-state index contributed by atoms with van der Waals surface area (Å²) < 4.78 is 7.41. The van der Waals surface area contributed by atoms with E-state index in [1.165, 1.54) is 37.8 Å². The summed E-state index contributed by atoms with van der Waals surface area (Å²) in [6.07, 6.45) is 8.32. The summed E-state index contributed by atoms with van der Waals surface area (Å²) in [5.74, 6) is 0. The third kappa shape index (κ3) is 4.68. The molecule has 2 fully saturated rings. The molecule has 0 unspecified atom stereocenters. The van der Waals surface area contributed by atoms with E-state index in [1.54, 1.807) is 11.3 Å². The van der Waals surface area contributed by atoms with Crippen LogP contribution in [-0.2, 0) is 4.74 Å². The molecule has 1 aliphatic heterocycles. The van der Waals surface area contributed by atoms with Crippen LogP contribution in [0.25, 0.3) is 0 Å². The smallest absolute Gasteiger partial charge is 0.206 e. The minimum atomic E-state index is 0.464. The molecule has 4 rings (SSSR count). The lowest BCUT2D eigenvalue weighted by atomic mass is 9.96. The second-order valence-corrected chi connectivity index (χ2v) is 8.16. The Morgan fingerprint density at radius 1 is 1.07 bits per heavy atom. The third-order valence-corrected chi connectivity index (χ3v) is 6.26. The Kier molecular flexibility index (Phi) is 6.04. The number of anilines is 1. The quantitative estimate of drug-likeness (QED) is 0.752. The molecule has 0 bridgehead atoms. The van der Waals surface area contributed by atoms with E-state index in [0.717, 1.165) is 42.4 Å². The van der Waals surface area contributed by atoms with Gasteiger partial charge in [-0.25, -0.2) is 4.68 Å². The topological polar surface area (TPSA) is 42.1 Å². The van der Waals surface area contributed by atoms with Gasteiger partial charge in [0.05, 0.1) is 31.2 Å². The van der Waals surface area contributed by atoms with Crippen molar-refractivity contribution < 1.29 is 4.74 Å². The zero-order valence-electron chi connectivity index (χ0n) is 16.0. The van der Waals surface area contributed by atoms with Crippen molar-refractivity contribution >= 4 is 23.2 Å². The molecule has 1 saturated carbocycles. The molecule has 0 N–H and O–H groups in total. The van der Waals surface area contributed by atoms with Gasteiger partial charge in [-0.1, -0.05) is 31.4 Å². The Hall–Kier alpha value is -1.92. The van der Waals surface area contributed by atoms with Crippen LogP contribution >= 0.6 is 11.3 Å². The van der Waals surface area contributed by atoms with Gasteiger partial charge >= 0.3 is 0 Å². The van der Waals surface area contributed by atoms with Gasteiger partial charge in [0.1, 0.15) is 0 Å². The highest BCUT2D eigenvalue weighted by Gasteiger charge is 2.13. The van der Waals surface area contributed by atoms with Crippen LogP contribution < -0.4 is 9.70 Å². The molecule has 1 aromatic carbocycles. The molecule has 0 amide bonds. The van der Waals surface area contributed by atoms with E-state index in [0.29, 0.717) is 6.04 Å². The van der Waals surface area contributed by atoms with Gasteiger partial charge in [-0.05, 0) is 37.5 Å². The maximum absolute atomic E-state index is 5.43. The molecule has 2 aliphatic rings. The summed E-state index contributed by atoms with van der Waals surface area (Å²) >= 11 is 1.69. The van der Waals surface area contributed by atoms with Crippen LogP contribution in [0.5, 0.6) is 0 Å². The SMILES string of the molecule is Cc1csc(=NC2CCCCC2)n1N=Cc1ccc(N2CCOCC2)cc1. The van der Waals surface area contributed by atoms with Crippen molar-refractivity contribution in [1.82, 2.24) is 4.68 Å². The van der Waals surface area contributed by atoms with E-state index >= 15 is 0 Å².